The summed E-state index contributed by atoms with van der Waals surface area (Å²) in [6.07, 6.45) is 5.78. The summed E-state index contributed by atoms with van der Waals surface area (Å²) in [7, 11) is 0. The standard InChI is InChI=1S/C8H17NO2.Na.H/c1-3-4-5-6-7-8(2)11-9-10;;/h8H,3-7H2,1-2H3;;/q;+1;-1. The third kappa shape index (κ3) is 10.4. The molecule has 0 N–H and O–H groups in total. The summed E-state index contributed by atoms with van der Waals surface area (Å²) in [6, 6.07) is 0. The minimum Gasteiger partial charge on any atom is -1.00 e. The number of nitrogens with zero attached hydrogens (tertiary/aromatic N) is 1. The van der Waals surface area contributed by atoms with E-state index in [9.17, 15) is 4.91 Å². The molecule has 12 heavy (non-hydrogen) atoms. The molecule has 0 radical (unpaired) electrons. The topological polar surface area (TPSA) is 38.7 Å². The molecule has 0 fully saturated rings. The van der Waals surface area contributed by atoms with Gasteiger partial charge >= 0.3 is 29.6 Å². The first-order valence-corrected chi connectivity index (χ1v) is 4.29. The second kappa shape index (κ2) is 11.4. The predicted octanol–water partition coefficient (Wildman–Crippen LogP) is 0.160. The molecule has 68 valence electrons. The molecule has 1 unspecified atom stereocenters. The fraction of sp³-hybridized carbons (Fsp3) is 1.00. The van der Waals surface area contributed by atoms with Crippen molar-refractivity contribution in [3.8, 4) is 0 Å². The van der Waals surface area contributed by atoms with Gasteiger partial charge in [0.05, 0.1) is 0 Å². The van der Waals surface area contributed by atoms with Crippen LogP contribution < -0.4 is 29.6 Å². The van der Waals surface area contributed by atoms with Crippen molar-refractivity contribution >= 4 is 0 Å². The maximum atomic E-state index is 9.63. The van der Waals surface area contributed by atoms with Crippen LogP contribution in [0, 0.1) is 4.91 Å². The van der Waals surface area contributed by atoms with Gasteiger partial charge in [0.1, 0.15) is 6.10 Å². The fourth-order valence-electron chi connectivity index (χ4n) is 0.985. The first kappa shape index (κ1) is 14.9. The molecule has 0 bridgehead atoms. The van der Waals surface area contributed by atoms with Crippen molar-refractivity contribution in [2.24, 2.45) is 5.34 Å². The van der Waals surface area contributed by atoms with Crippen LogP contribution in [-0.2, 0) is 4.84 Å². The number of hydrogen-bond donors (Lipinski definition) is 0. The minimum absolute atomic E-state index is 0. The SMILES string of the molecule is CCCCCCC(C)ON=O.[H-].[Na+]. The van der Waals surface area contributed by atoms with Crippen molar-refractivity contribution in [2.45, 2.75) is 52.1 Å². The van der Waals surface area contributed by atoms with Crippen LogP contribution in [0.1, 0.15) is 47.4 Å². The second-order valence-corrected chi connectivity index (χ2v) is 2.84. The molecule has 0 aliphatic heterocycles. The van der Waals surface area contributed by atoms with Gasteiger partial charge in [0, 0.05) is 0 Å². The largest absolute Gasteiger partial charge is 1.00 e. The molecule has 0 saturated carbocycles. The summed E-state index contributed by atoms with van der Waals surface area (Å²) >= 11 is 0. The Hall–Kier alpha value is 0.400. The third-order valence-electron chi connectivity index (χ3n) is 1.69. The maximum Gasteiger partial charge on any atom is 1.00 e. The smallest absolute Gasteiger partial charge is 1.00 e. The molecule has 0 amide bonds. The minimum atomic E-state index is -0.00986. The van der Waals surface area contributed by atoms with Gasteiger partial charge in [-0.2, -0.15) is 0 Å². The van der Waals surface area contributed by atoms with E-state index in [1.807, 2.05) is 6.92 Å². The van der Waals surface area contributed by atoms with Gasteiger partial charge in [-0.3, -0.25) is 0 Å². The zero-order valence-electron chi connectivity index (χ0n) is 9.38. The zero-order chi connectivity index (χ0) is 8.53. The molecule has 0 aliphatic rings. The first-order chi connectivity index (χ1) is 5.31. The molecule has 0 spiro atoms. The van der Waals surface area contributed by atoms with E-state index >= 15 is 0 Å². The van der Waals surface area contributed by atoms with Crippen LogP contribution in [0.25, 0.3) is 0 Å². The van der Waals surface area contributed by atoms with Gasteiger partial charge in [0.15, 0.2) is 5.34 Å². The van der Waals surface area contributed by atoms with Crippen LogP contribution in [0.3, 0.4) is 0 Å². The molecule has 4 heteroatoms. The van der Waals surface area contributed by atoms with Crippen LogP contribution in [0.15, 0.2) is 5.34 Å². The van der Waals surface area contributed by atoms with E-state index in [0.29, 0.717) is 0 Å². The Bertz CT molecular complexity index is 106. The number of hydrogen-bond acceptors (Lipinski definition) is 3. The van der Waals surface area contributed by atoms with Gasteiger partial charge in [-0.15, -0.1) is 4.91 Å². The van der Waals surface area contributed by atoms with E-state index in [-0.39, 0.29) is 37.1 Å². The maximum absolute atomic E-state index is 9.63. The molecule has 0 aliphatic carbocycles. The Balaban J connectivity index is -0.000000500. The van der Waals surface area contributed by atoms with Gasteiger partial charge in [0.25, 0.3) is 0 Å². The average molecular weight is 183 g/mol. The molecule has 0 saturated heterocycles. The average Bonchev–Trinajstić information content (AvgIpc) is 1.99. The van der Waals surface area contributed by atoms with E-state index in [4.69, 9.17) is 0 Å². The second-order valence-electron chi connectivity index (χ2n) is 2.84. The van der Waals surface area contributed by atoms with Crippen molar-refractivity contribution < 1.29 is 35.8 Å². The van der Waals surface area contributed by atoms with E-state index in [2.05, 4.69) is 17.1 Å². The number of unbranched alkanes of at least 4 members (excludes halogenated alkanes) is 3. The van der Waals surface area contributed by atoms with Crippen LogP contribution in [-0.4, -0.2) is 6.10 Å². The van der Waals surface area contributed by atoms with Gasteiger partial charge in [-0.25, -0.2) is 0 Å². The third-order valence-corrected chi connectivity index (χ3v) is 1.69. The van der Waals surface area contributed by atoms with Crippen molar-refractivity contribution in [1.29, 1.82) is 0 Å². The molecule has 0 aromatic rings. The van der Waals surface area contributed by atoms with Gasteiger partial charge < -0.3 is 6.26 Å². The normalized spacial score (nSPS) is 11.5. The van der Waals surface area contributed by atoms with Crippen LogP contribution in [0.2, 0.25) is 0 Å². The van der Waals surface area contributed by atoms with E-state index in [1.165, 1.54) is 19.3 Å². The Morgan fingerprint density at radius 1 is 1.42 bits per heavy atom. The summed E-state index contributed by atoms with van der Waals surface area (Å²) in [5, 5.41) is 2.38. The molecule has 0 aromatic carbocycles. The van der Waals surface area contributed by atoms with Crippen molar-refractivity contribution in [2.75, 3.05) is 0 Å². The number of rotatable bonds is 7. The predicted molar refractivity (Wildman–Crippen MR) is 46.2 cm³/mol. The van der Waals surface area contributed by atoms with E-state index in [0.717, 1.165) is 12.8 Å². The molecule has 3 nitrogen and oxygen atoms in total. The zero-order valence-corrected chi connectivity index (χ0v) is 10.4. The van der Waals surface area contributed by atoms with Crippen molar-refractivity contribution in [1.82, 2.24) is 0 Å². The van der Waals surface area contributed by atoms with E-state index in [1.54, 1.807) is 0 Å². The van der Waals surface area contributed by atoms with Gasteiger partial charge in [0.2, 0.25) is 0 Å². The molecule has 0 rings (SSSR count). The van der Waals surface area contributed by atoms with Crippen molar-refractivity contribution in [3.63, 3.8) is 0 Å². The monoisotopic (exact) mass is 183 g/mol. The molecular formula is C8H18NNaO2. The first-order valence-electron chi connectivity index (χ1n) is 4.29. The Morgan fingerprint density at radius 2 is 2.08 bits per heavy atom. The molecule has 0 heterocycles. The molecule has 1 atom stereocenters. The Morgan fingerprint density at radius 3 is 2.58 bits per heavy atom. The summed E-state index contributed by atoms with van der Waals surface area (Å²) in [4.78, 5) is 14.1. The summed E-state index contributed by atoms with van der Waals surface area (Å²) < 4.78 is 0. The van der Waals surface area contributed by atoms with Gasteiger partial charge in [-0.05, 0) is 19.8 Å². The molecular weight excluding hydrogens is 165 g/mol. The quantitative estimate of drug-likeness (QED) is 0.244. The Kier molecular flexibility index (Phi) is 14.2. The van der Waals surface area contributed by atoms with Crippen LogP contribution in [0.4, 0.5) is 0 Å². The Labute approximate surface area is 98.0 Å². The summed E-state index contributed by atoms with van der Waals surface area (Å²) in [6.45, 7) is 4.04. The van der Waals surface area contributed by atoms with Crippen LogP contribution in [0.5, 0.6) is 0 Å². The molecule has 0 aromatic heterocycles. The van der Waals surface area contributed by atoms with Gasteiger partial charge in [-0.1, -0.05) is 26.2 Å². The summed E-state index contributed by atoms with van der Waals surface area (Å²) in [5.41, 5.74) is 0. The van der Waals surface area contributed by atoms with Crippen molar-refractivity contribution in [3.05, 3.63) is 4.91 Å². The fourth-order valence-corrected chi connectivity index (χ4v) is 0.985. The summed E-state index contributed by atoms with van der Waals surface area (Å²) in [5.74, 6) is 0. The van der Waals surface area contributed by atoms with Crippen LogP contribution >= 0.6 is 0 Å². The van der Waals surface area contributed by atoms with E-state index < -0.39 is 0 Å².